The number of carbonyl (C=O) groups excluding carboxylic acids is 1. The van der Waals surface area contributed by atoms with Gasteiger partial charge in [-0.05, 0) is 19.8 Å². The van der Waals surface area contributed by atoms with E-state index in [1.807, 2.05) is 6.92 Å². The Balaban J connectivity index is 1.77. The number of amides is 2. The van der Waals surface area contributed by atoms with Gasteiger partial charge in [0.1, 0.15) is 0 Å². The van der Waals surface area contributed by atoms with E-state index in [1.54, 1.807) is 11.8 Å². The van der Waals surface area contributed by atoms with Crippen LogP contribution in [0.15, 0.2) is 4.52 Å². The van der Waals surface area contributed by atoms with E-state index in [2.05, 4.69) is 15.5 Å². The second-order valence-electron chi connectivity index (χ2n) is 5.31. The molecular weight excluding hydrogens is 276 g/mol. The summed E-state index contributed by atoms with van der Waals surface area (Å²) in [5.41, 5.74) is 0. The number of carbonyl (C=O) groups is 2. The molecular formula is C13H20N4O4. The van der Waals surface area contributed by atoms with Crippen LogP contribution >= 0.6 is 0 Å². The quantitative estimate of drug-likeness (QED) is 0.851. The van der Waals surface area contributed by atoms with Crippen LogP contribution in [-0.2, 0) is 11.2 Å². The summed E-state index contributed by atoms with van der Waals surface area (Å²) in [6.45, 7) is 4.47. The summed E-state index contributed by atoms with van der Waals surface area (Å²) < 4.78 is 4.85. The number of aryl methyl sites for hydroxylation is 1. The van der Waals surface area contributed by atoms with Crippen LogP contribution in [0.2, 0.25) is 0 Å². The summed E-state index contributed by atoms with van der Waals surface area (Å²) in [6, 6.07) is -0.251. The smallest absolute Gasteiger partial charge is 0.317 e. The molecule has 0 saturated carbocycles. The zero-order chi connectivity index (χ0) is 15.4. The number of hydrogen-bond acceptors (Lipinski definition) is 5. The third kappa shape index (κ3) is 3.93. The van der Waals surface area contributed by atoms with Gasteiger partial charge in [-0.15, -0.1) is 0 Å². The van der Waals surface area contributed by atoms with Gasteiger partial charge in [-0.2, -0.15) is 4.98 Å². The first-order chi connectivity index (χ1) is 9.97. The maximum Gasteiger partial charge on any atom is 0.317 e. The average molecular weight is 296 g/mol. The summed E-state index contributed by atoms with van der Waals surface area (Å²) in [7, 11) is 0. The van der Waals surface area contributed by atoms with E-state index in [1.165, 1.54) is 0 Å². The van der Waals surface area contributed by atoms with E-state index in [4.69, 9.17) is 9.63 Å². The van der Waals surface area contributed by atoms with Gasteiger partial charge in [0.2, 0.25) is 5.89 Å². The lowest BCUT2D eigenvalue weighted by molar-refractivity contribution is -0.143. The van der Waals surface area contributed by atoms with Gasteiger partial charge in [0, 0.05) is 32.5 Å². The molecule has 21 heavy (non-hydrogen) atoms. The van der Waals surface area contributed by atoms with Crippen molar-refractivity contribution in [3.63, 3.8) is 0 Å². The lowest BCUT2D eigenvalue weighted by Crippen LogP contribution is -2.50. The molecule has 0 aliphatic carbocycles. The molecule has 1 saturated heterocycles. The Labute approximate surface area is 122 Å². The Morgan fingerprint density at radius 3 is 2.86 bits per heavy atom. The number of piperidine rings is 1. The first-order valence-corrected chi connectivity index (χ1v) is 7.04. The molecule has 8 nitrogen and oxygen atoms in total. The number of aliphatic carboxylic acids is 1. The van der Waals surface area contributed by atoms with Crippen LogP contribution in [0, 0.1) is 12.8 Å². The van der Waals surface area contributed by atoms with Gasteiger partial charge in [0.25, 0.3) is 0 Å². The second-order valence-corrected chi connectivity index (χ2v) is 5.31. The van der Waals surface area contributed by atoms with Crippen molar-refractivity contribution in [2.45, 2.75) is 39.2 Å². The number of rotatable bonds is 4. The maximum absolute atomic E-state index is 12.1. The predicted octanol–water partition coefficient (Wildman–Crippen LogP) is 0.815. The Kier molecular flexibility index (Phi) is 4.77. The monoisotopic (exact) mass is 296 g/mol. The normalized spacial score (nSPS) is 22.1. The molecule has 2 heterocycles. The number of likely N-dealkylation sites (tertiary alicyclic amines) is 1. The molecule has 0 aromatic carbocycles. The van der Waals surface area contributed by atoms with Crippen LogP contribution in [0.25, 0.3) is 0 Å². The standard InChI is InChI=1S/C13H20N4O4/c1-8-7-10(12(18)19)4-6-17(8)13(20)14-5-3-11-15-9(2)21-16-11/h8,10H,3-7H2,1-2H3,(H,14,20)(H,18,19). The van der Waals surface area contributed by atoms with E-state index in [9.17, 15) is 9.59 Å². The van der Waals surface area contributed by atoms with Crippen molar-refractivity contribution in [1.82, 2.24) is 20.4 Å². The molecule has 1 aliphatic heterocycles. The third-order valence-corrected chi connectivity index (χ3v) is 3.68. The number of nitrogens with zero attached hydrogens (tertiary/aromatic N) is 3. The highest BCUT2D eigenvalue weighted by Crippen LogP contribution is 2.22. The van der Waals surface area contributed by atoms with Gasteiger partial charge in [-0.3, -0.25) is 4.79 Å². The fourth-order valence-electron chi connectivity index (χ4n) is 2.52. The number of aromatic nitrogens is 2. The highest BCUT2D eigenvalue weighted by atomic mass is 16.5. The molecule has 2 unspecified atom stereocenters. The minimum absolute atomic E-state index is 0.0766. The number of hydrogen-bond donors (Lipinski definition) is 2. The molecule has 0 bridgehead atoms. The molecule has 2 rings (SSSR count). The summed E-state index contributed by atoms with van der Waals surface area (Å²) in [4.78, 5) is 28.8. The fourth-order valence-corrected chi connectivity index (χ4v) is 2.52. The van der Waals surface area contributed by atoms with E-state index < -0.39 is 5.97 Å². The van der Waals surface area contributed by atoms with Crippen molar-refractivity contribution in [3.8, 4) is 0 Å². The van der Waals surface area contributed by atoms with Crippen LogP contribution in [0.3, 0.4) is 0 Å². The highest BCUT2D eigenvalue weighted by molar-refractivity contribution is 5.75. The summed E-state index contributed by atoms with van der Waals surface area (Å²) >= 11 is 0. The maximum atomic E-state index is 12.1. The molecule has 0 spiro atoms. The van der Waals surface area contributed by atoms with Gasteiger partial charge in [-0.1, -0.05) is 5.16 Å². The number of carboxylic acids is 1. The van der Waals surface area contributed by atoms with Gasteiger partial charge >= 0.3 is 12.0 Å². The molecule has 1 aliphatic rings. The van der Waals surface area contributed by atoms with Gasteiger partial charge in [-0.25, -0.2) is 4.79 Å². The number of nitrogens with one attached hydrogen (secondary N) is 1. The highest BCUT2D eigenvalue weighted by Gasteiger charge is 2.32. The van der Waals surface area contributed by atoms with Crippen molar-refractivity contribution in [2.24, 2.45) is 5.92 Å². The lowest BCUT2D eigenvalue weighted by Gasteiger charge is -2.36. The largest absolute Gasteiger partial charge is 0.481 e. The van der Waals surface area contributed by atoms with Crippen LogP contribution in [-0.4, -0.2) is 51.3 Å². The summed E-state index contributed by atoms with van der Waals surface area (Å²) in [5, 5.41) is 15.6. The number of urea groups is 1. The molecule has 0 radical (unpaired) electrons. The van der Waals surface area contributed by atoms with E-state index >= 15 is 0 Å². The molecule has 1 fully saturated rings. The first kappa shape index (κ1) is 15.3. The van der Waals surface area contributed by atoms with Crippen molar-refractivity contribution in [2.75, 3.05) is 13.1 Å². The van der Waals surface area contributed by atoms with E-state index in [-0.39, 0.29) is 18.0 Å². The Morgan fingerprint density at radius 1 is 1.52 bits per heavy atom. The summed E-state index contributed by atoms with van der Waals surface area (Å²) in [5.74, 6) is -0.0770. The zero-order valence-electron chi connectivity index (χ0n) is 12.2. The van der Waals surface area contributed by atoms with Gasteiger partial charge < -0.3 is 19.8 Å². The third-order valence-electron chi connectivity index (χ3n) is 3.68. The van der Waals surface area contributed by atoms with E-state index in [0.717, 1.165) is 0 Å². The molecule has 1 aromatic heterocycles. The SMILES string of the molecule is Cc1nc(CCNC(=O)N2CCC(C(=O)O)CC2C)no1. The van der Waals surface area contributed by atoms with Crippen molar-refractivity contribution in [3.05, 3.63) is 11.7 Å². The Bertz CT molecular complexity index is 516. The lowest BCUT2D eigenvalue weighted by atomic mass is 9.92. The minimum atomic E-state index is -0.783. The molecule has 2 atom stereocenters. The zero-order valence-corrected chi connectivity index (χ0v) is 12.2. The van der Waals surface area contributed by atoms with Crippen LogP contribution in [0.4, 0.5) is 4.79 Å². The molecule has 2 amide bonds. The molecule has 1 aromatic rings. The van der Waals surface area contributed by atoms with Crippen molar-refractivity contribution in [1.29, 1.82) is 0 Å². The molecule has 116 valence electrons. The number of carboxylic acid groups (broad SMARTS) is 1. The summed E-state index contributed by atoms with van der Waals surface area (Å²) in [6.07, 6.45) is 1.49. The molecule has 2 N–H and O–H groups in total. The van der Waals surface area contributed by atoms with Gasteiger partial charge in [0.15, 0.2) is 5.82 Å². The predicted molar refractivity (Wildman–Crippen MR) is 72.7 cm³/mol. The Hall–Kier alpha value is -2.12. The minimum Gasteiger partial charge on any atom is -0.481 e. The van der Waals surface area contributed by atoms with Crippen molar-refractivity contribution < 1.29 is 19.2 Å². The molecule has 8 heteroatoms. The van der Waals surface area contributed by atoms with Crippen molar-refractivity contribution >= 4 is 12.0 Å². The first-order valence-electron chi connectivity index (χ1n) is 7.04. The average Bonchev–Trinajstić information content (AvgIpc) is 2.84. The van der Waals surface area contributed by atoms with Crippen LogP contribution in [0.5, 0.6) is 0 Å². The van der Waals surface area contributed by atoms with Gasteiger partial charge in [0.05, 0.1) is 5.92 Å². The van der Waals surface area contributed by atoms with E-state index in [0.29, 0.717) is 44.1 Å². The Morgan fingerprint density at radius 2 is 2.29 bits per heavy atom. The van der Waals surface area contributed by atoms with Crippen LogP contribution in [0.1, 0.15) is 31.5 Å². The second kappa shape index (κ2) is 6.55. The fraction of sp³-hybridized carbons (Fsp3) is 0.692. The topological polar surface area (TPSA) is 109 Å². The van der Waals surface area contributed by atoms with Crippen LogP contribution < -0.4 is 5.32 Å².